The molecule has 0 aliphatic heterocycles. The molecule has 1 fully saturated rings. The summed E-state index contributed by atoms with van der Waals surface area (Å²) in [6, 6.07) is 5.69. The van der Waals surface area contributed by atoms with Gasteiger partial charge in [-0.05, 0) is 53.2 Å². The maximum atomic E-state index is 14.1. The highest BCUT2D eigenvalue weighted by atomic mass is 79.9. The van der Waals surface area contributed by atoms with Crippen LogP contribution in [-0.2, 0) is 0 Å². The first kappa shape index (κ1) is 13.0. The molecule has 0 bridgehead atoms. The molecule has 0 saturated heterocycles. The first-order valence-corrected chi connectivity index (χ1v) is 7.11. The van der Waals surface area contributed by atoms with E-state index in [1.165, 1.54) is 12.8 Å². The van der Waals surface area contributed by atoms with E-state index >= 15 is 0 Å². The molecular formula is C14H19BrFN. The van der Waals surface area contributed by atoms with Crippen molar-refractivity contribution in [3.05, 3.63) is 34.1 Å². The van der Waals surface area contributed by atoms with Crippen molar-refractivity contribution in [1.29, 1.82) is 0 Å². The predicted octanol–water partition coefficient (Wildman–Crippen LogP) is 4.28. The van der Waals surface area contributed by atoms with E-state index in [9.17, 15) is 4.39 Å². The molecule has 94 valence electrons. The van der Waals surface area contributed by atoms with Crippen LogP contribution in [0.1, 0.15) is 38.3 Å². The highest BCUT2D eigenvalue weighted by Crippen LogP contribution is 2.43. The smallest absolute Gasteiger partial charge is 0.142 e. The molecule has 1 aliphatic carbocycles. The number of hydrogen-bond acceptors (Lipinski definition) is 1. The molecule has 0 spiro atoms. The van der Waals surface area contributed by atoms with Crippen LogP contribution in [0.5, 0.6) is 0 Å². The zero-order valence-corrected chi connectivity index (χ0v) is 11.9. The Balaban J connectivity index is 2.27. The normalized spacial score (nSPS) is 19.1. The van der Waals surface area contributed by atoms with E-state index in [1.54, 1.807) is 6.07 Å². The van der Waals surface area contributed by atoms with Crippen LogP contribution < -0.4 is 5.32 Å². The summed E-state index contributed by atoms with van der Waals surface area (Å²) in [6.07, 6.45) is 2.58. The van der Waals surface area contributed by atoms with E-state index in [2.05, 4.69) is 35.1 Å². The largest absolute Gasteiger partial charge is 0.310 e. The van der Waals surface area contributed by atoms with Crippen LogP contribution in [0, 0.1) is 17.7 Å². The quantitative estimate of drug-likeness (QED) is 0.855. The minimum absolute atomic E-state index is 0.119. The van der Waals surface area contributed by atoms with Gasteiger partial charge in [-0.15, -0.1) is 0 Å². The number of hydrogen-bond donors (Lipinski definition) is 1. The van der Waals surface area contributed by atoms with Gasteiger partial charge in [0.25, 0.3) is 0 Å². The number of rotatable bonds is 5. The van der Waals surface area contributed by atoms with Crippen molar-refractivity contribution >= 4 is 15.9 Å². The van der Waals surface area contributed by atoms with E-state index in [1.807, 2.05) is 12.1 Å². The van der Waals surface area contributed by atoms with Crippen LogP contribution in [-0.4, -0.2) is 6.54 Å². The van der Waals surface area contributed by atoms with E-state index < -0.39 is 0 Å². The Hall–Kier alpha value is -0.410. The Bertz CT molecular complexity index is 390. The van der Waals surface area contributed by atoms with Gasteiger partial charge in [-0.1, -0.05) is 26.0 Å². The molecule has 2 atom stereocenters. The zero-order valence-electron chi connectivity index (χ0n) is 10.3. The van der Waals surface area contributed by atoms with Crippen LogP contribution >= 0.6 is 15.9 Å². The van der Waals surface area contributed by atoms with Gasteiger partial charge in [0, 0.05) is 11.6 Å². The Morgan fingerprint density at radius 3 is 2.76 bits per heavy atom. The Kier molecular flexibility index (Phi) is 4.21. The van der Waals surface area contributed by atoms with Gasteiger partial charge in [-0.2, -0.15) is 0 Å². The van der Waals surface area contributed by atoms with E-state index in [-0.39, 0.29) is 11.9 Å². The lowest BCUT2D eigenvalue weighted by molar-refractivity contribution is 0.345. The minimum atomic E-state index is -0.119. The SMILES string of the molecule is CCNC(c1cccc(Br)c1F)C(C)C1CC1. The molecule has 2 unspecified atom stereocenters. The summed E-state index contributed by atoms with van der Waals surface area (Å²) >= 11 is 3.26. The summed E-state index contributed by atoms with van der Waals surface area (Å²) in [5.41, 5.74) is 0.792. The Labute approximate surface area is 111 Å². The lowest BCUT2D eigenvalue weighted by Gasteiger charge is -2.26. The van der Waals surface area contributed by atoms with Crippen LogP contribution in [0.4, 0.5) is 4.39 Å². The van der Waals surface area contributed by atoms with Crippen LogP contribution in [0.3, 0.4) is 0 Å². The lowest BCUT2D eigenvalue weighted by Crippen LogP contribution is -2.28. The minimum Gasteiger partial charge on any atom is -0.310 e. The van der Waals surface area contributed by atoms with E-state index in [0.29, 0.717) is 10.4 Å². The molecule has 0 heterocycles. The molecule has 1 aromatic rings. The zero-order chi connectivity index (χ0) is 12.4. The van der Waals surface area contributed by atoms with Gasteiger partial charge in [0.15, 0.2) is 0 Å². The van der Waals surface area contributed by atoms with Crippen LogP contribution in [0.25, 0.3) is 0 Å². The number of nitrogens with one attached hydrogen (secondary N) is 1. The second-order valence-corrected chi connectivity index (χ2v) is 5.73. The molecule has 2 rings (SSSR count). The topological polar surface area (TPSA) is 12.0 Å². The van der Waals surface area contributed by atoms with E-state index in [4.69, 9.17) is 0 Å². The van der Waals surface area contributed by atoms with Gasteiger partial charge in [0.2, 0.25) is 0 Å². The highest BCUT2D eigenvalue weighted by molar-refractivity contribution is 9.10. The molecule has 0 radical (unpaired) electrons. The van der Waals surface area contributed by atoms with E-state index in [0.717, 1.165) is 18.0 Å². The van der Waals surface area contributed by atoms with Crippen molar-refractivity contribution in [2.24, 2.45) is 11.8 Å². The molecule has 1 aromatic carbocycles. The molecule has 1 nitrogen and oxygen atoms in total. The number of benzene rings is 1. The van der Waals surface area contributed by atoms with Crippen molar-refractivity contribution in [2.45, 2.75) is 32.7 Å². The van der Waals surface area contributed by atoms with Gasteiger partial charge in [-0.3, -0.25) is 0 Å². The predicted molar refractivity (Wildman–Crippen MR) is 72.4 cm³/mol. The highest BCUT2D eigenvalue weighted by Gasteiger charge is 2.34. The van der Waals surface area contributed by atoms with Crippen molar-refractivity contribution < 1.29 is 4.39 Å². The van der Waals surface area contributed by atoms with Crippen LogP contribution in [0.15, 0.2) is 22.7 Å². The molecule has 1 saturated carbocycles. The van der Waals surface area contributed by atoms with Gasteiger partial charge >= 0.3 is 0 Å². The second kappa shape index (κ2) is 5.49. The molecule has 17 heavy (non-hydrogen) atoms. The summed E-state index contributed by atoms with van der Waals surface area (Å²) in [7, 11) is 0. The summed E-state index contributed by atoms with van der Waals surface area (Å²) < 4.78 is 14.7. The van der Waals surface area contributed by atoms with Crippen molar-refractivity contribution in [2.75, 3.05) is 6.54 Å². The molecule has 0 amide bonds. The fourth-order valence-electron chi connectivity index (χ4n) is 2.45. The molecule has 0 aromatic heterocycles. The average molecular weight is 300 g/mol. The summed E-state index contributed by atoms with van der Waals surface area (Å²) in [5.74, 6) is 1.14. The van der Waals surface area contributed by atoms with Gasteiger partial charge in [0.1, 0.15) is 5.82 Å². The van der Waals surface area contributed by atoms with Gasteiger partial charge < -0.3 is 5.32 Å². The third-order valence-electron chi connectivity index (χ3n) is 3.63. The third-order valence-corrected chi connectivity index (χ3v) is 4.24. The lowest BCUT2D eigenvalue weighted by atomic mass is 9.90. The van der Waals surface area contributed by atoms with Crippen LogP contribution in [0.2, 0.25) is 0 Å². The van der Waals surface area contributed by atoms with Crippen molar-refractivity contribution in [3.63, 3.8) is 0 Å². The number of halogens is 2. The van der Waals surface area contributed by atoms with Gasteiger partial charge in [0.05, 0.1) is 4.47 Å². The fourth-order valence-corrected chi connectivity index (χ4v) is 2.84. The average Bonchev–Trinajstić information content (AvgIpc) is 3.13. The molecule has 1 aliphatic rings. The molecule has 1 N–H and O–H groups in total. The first-order valence-electron chi connectivity index (χ1n) is 6.32. The molecular weight excluding hydrogens is 281 g/mol. The van der Waals surface area contributed by atoms with Crippen molar-refractivity contribution in [3.8, 4) is 0 Å². The standard InChI is InChI=1S/C14H19BrFN/c1-3-17-14(9(2)10-7-8-10)11-5-4-6-12(15)13(11)16/h4-6,9-10,14,17H,3,7-8H2,1-2H3. The Morgan fingerprint density at radius 2 is 2.18 bits per heavy atom. The second-order valence-electron chi connectivity index (χ2n) is 4.87. The van der Waals surface area contributed by atoms with Gasteiger partial charge in [-0.25, -0.2) is 4.39 Å². The Morgan fingerprint density at radius 1 is 1.47 bits per heavy atom. The maximum absolute atomic E-state index is 14.1. The first-order chi connectivity index (χ1) is 8.15. The van der Waals surface area contributed by atoms with Crippen molar-refractivity contribution in [1.82, 2.24) is 5.32 Å². The monoisotopic (exact) mass is 299 g/mol. The third kappa shape index (κ3) is 2.89. The summed E-state index contributed by atoms with van der Waals surface area (Å²) in [4.78, 5) is 0. The summed E-state index contributed by atoms with van der Waals surface area (Å²) in [5, 5.41) is 3.43. The fraction of sp³-hybridized carbons (Fsp3) is 0.571. The summed E-state index contributed by atoms with van der Waals surface area (Å²) in [6.45, 7) is 5.17. The maximum Gasteiger partial charge on any atom is 0.142 e. The molecule has 3 heteroatoms.